The van der Waals surface area contributed by atoms with Gasteiger partial charge in [0, 0.05) is 12.1 Å². The molecule has 0 aromatic heterocycles. The molecule has 5 heteroatoms. The molecule has 5 nitrogen and oxygen atoms in total. The predicted molar refractivity (Wildman–Crippen MR) is 58.0 cm³/mol. The fraction of sp³-hybridized carbons (Fsp3) is 0.273. The third-order valence-corrected chi connectivity index (χ3v) is 1.95. The average molecular weight is 217 g/mol. The number of hydrogen-bond donors (Lipinski definition) is 3. The summed E-state index contributed by atoms with van der Waals surface area (Å²) in [7, 11) is 0. The maximum absolute atomic E-state index is 9.49. The van der Waals surface area contributed by atoms with Crippen molar-refractivity contribution in [1.82, 2.24) is 0 Å². The summed E-state index contributed by atoms with van der Waals surface area (Å²) >= 11 is 0. The summed E-state index contributed by atoms with van der Waals surface area (Å²) in [5, 5.41) is 39.5. The van der Waals surface area contributed by atoms with Crippen LogP contribution in [0, 0.1) is 22.7 Å². The minimum Gasteiger partial charge on any atom is -0.504 e. The Hall–Kier alpha value is -2.40. The minimum atomic E-state index is -0.510. The first-order valence-corrected chi connectivity index (χ1v) is 4.67. The molecule has 0 aliphatic heterocycles. The van der Waals surface area contributed by atoms with Crippen molar-refractivity contribution in [2.45, 2.75) is 19.9 Å². The zero-order valence-corrected chi connectivity index (χ0v) is 8.94. The molecular formula is C11H11N3O2. The third-order valence-electron chi connectivity index (χ3n) is 1.95. The SMILES string of the molecule is CC(C)Nc1c(C#N)cc(O)c(O)c1C#N. The molecular weight excluding hydrogens is 206 g/mol. The van der Waals surface area contributed by atoms with Gasteiger partial charge in [0.2, 0.25) is 0 Å². The largest absolute Gasteiger partial charge is 0.504 e. The lowest BCUT2D eigenvalue weighted by Gasteiger charge is -2.14. The Bertz CT molecular complexity index is 495. The molecule has 0 saturated carbocycles. The van der Waals surface area contributed by atoms with Gasteiger partial charge >= 0.3 is 0 Å². The Kier molecular flexibility index (Phi) is 3.22. The van der Waals surface area contributed by atoms with E-state index in [1.807, 2.05) is 19.9 Å². The van der Waals surface area contributed by atoms with Crippen molar-refractivity contribution in [2.75, 3.05) is 5.32 Å². The Morgan fingerprint density at radius 2 is 1.88 bits per heavy atom. The van der Waals surface area contributed by atoms with E-state index in [9.17, 15) is 10.2 Å². The number of nitrogens with one attached hydrogen (secondary N) is 1. The van der Waals surface area contributed by atoms with Crippen LogP contribution in [0.3, 0.4) is 0 Å². The molecule has 0 saturated heterocycles. The van der Waals surface area contributed by atoms with Crippen LogP contribution >= 0.6 is 0 Å². The van der Waals surface area contributed by atoms with E-state index in [1.165, 1.54) is 0 Å². The summed E-state index contributed by atoms with van der Waals surface area (Å²) < 4.78 is 0. The van der Waals surface area contributed by atoms with Crippen LogP contribution in [0.2, 0.25) is 0 Å². The lowest BCUT2D eigenvalue weighted by molar-refractivity contribution is 0.402. The van der Waals surface area contributed by atoms with Gasteiger partial charge in [0.25, 0.3) is 0 Å². The van der Waals surface area contributed by atoms with E-state index >= 15 is 0 Å². The van der Waals surface area contributed by atoms with Crippen LogP contribution in [-0.2, 0) is 0 Å². The fourth-order valence-electron chi connectivity index (χ4n) is 1.29. The molecule has 0 amide bonds. The van der Waals surface area contributed by atoms with Crippen LogP contribution in [0.25, 0.3) is 0 Å². The molecule has 0 radical (unpaired) electrons. The van der Waals surface area contributed by atoms with E-state index in [1.54, 1.807) is 6.07 Å². The van der Waals surface area contributed by atoms with Crippen LogP contribution in [0.5, 0.6) is 11.5 Å². The molecule has 0 unspecified atom stereocenters. The first kappa shape index (κ1) is 11.7. The second-order valence-electron chi connectivity index (χ2n) is 3.56. The average Bonchev–Trinajstić information content (AvgIpc) is 2.23. The van der Waals surface area contributed by atoms with Crippen molar-refractivity contribution in [2.24, 2.45) is 0 Å². The van der Waals surface area contributed by atoms with E-state index in [4.69, 9.17) is 10.5 Å². The summed E-state index contributed by atoms with van der Waals surface area (Å²) in [6, 6.07) is 4.75. The quantitative estimate of drug-likeness (QED) is 0.516. The smallest absolute Gasteiger partial charge is 0.177 e. The van der Waals surface area contributed by atoms with Gasteiger partial charge in [-0.1, -0.05) is 0 Å². The van der Waals surface area contributed by atoms with Crippen molar-refractivity contribution in [3.05, 3.63) is 17.2 Å². The summed E-state index contributed by atoms with van der Waals surface area (Å²) in [6.45, 7) is 3.68. The number of anilines is 1. The number of benzene rings is 1. The van der Waals surface area contributed by atoms with Crippen molar-refractivity contribution in [3.63, 3.8) is 0 Å². The number of hydrogen-bond acceptors (Lipinski definition) is 5. The first-order valence-electron chi connectivity index (χ1n) is 4.67. The first-order chi connectivity index (χ1) is 7.51. The highest BCUT2D eigenvalue weighted by Crippen LogP contribution is 2.36. The van der Waals surface area contributed by atoms with E-state index in [2.05, 4.69) is 5.32 Å². The van der Waals surface area contributed by atoms with Crippen LogP contribution in [-0.4, -0.2) is 16.3 Å². The summed E-state index contributed by atoms with van der Waals surface area (Å²) in [4.78, 5) is 0. The van der Waals surface area contributed by atoms with Crippen LogP contribution in [0.15, 0.2) is 6.07 Å². The molecule has 0 spiro atoms. The molecule has 0 atom stereocenters. The normalized spacial score (nSPS) is 9.56. The molecule has 0 aliphatic carbocycles. The summed E-state index contributed by atoms with van der Waals surface area (Å²) in [5.74, 6) is -0.980. The Labute approximate surface area is 93.2 Å². The highest BCUT2D eigenvalue weighted by Gasteiger charge is 2.17. The van der Waals surface area contributed by atoms with Gasteiger partial charge in [0.15, 0.2) is 11.5 Å². The highest BCUT2D eigenvalue weighted by atomic mass is 16.3. The number of nitrogens with zero attached hydrogens (tertiary/aromatic N) is 2. The second-order valence-corrected chi connectivity index (χ2v) is 3.56. The molecule has 0 fully saturated rings. The topological polar surface area (TPSA) is 100 Å². The van der Waals surface area contributed by atoms with Crippen molar-refractivity contribution in [3.8, 4) is 23.6 Å². The maximum Gasteiger partial charge on any atom is 0.177 e. The Morgan fingerprint density at radius 1 is 1.25 bits per heavy atom. The third kappa shape index (κ3) is 1.99. The highest BCUT2D eigenvalue weighted by molar-refractivity contribution is 5.74. The van der Waals surface area contributed by atoms with Gasteiger partial charge in [-0.2, -0.15) is 10.5 Å². The lowest BCUT2D eigenvalue weighted by Crippen LogP contribution is -2.12. The molecule has 3 N–H and O–H groups in total. The Balaban J connectivity index is 3.50. The maximum atomic E-state index is 9.49. The van der Waals surface area contributed by atoms with Gasteiger partial charge in [0.05, 0.1) is 11.3 Å². The van der Waals surface area contributed by atoms with Crippen LogP contribution in [0.1, 0.15) is 25.0 Å². The zero-order valence-electron chi connectivity index (χ0n) is 8.94. The molecule has 0 bridgehead atoms. The standard InChI is InChI=1S/C11H11N3O2/c1-6(2)14-10-7(4-12)3-9(15)11(16)8(10)5-13/h3,6,14-16H,1-2H3. The van der Waals surface area contributed by atoms with Gasteiger partial charge in [0.1, 0.15) is 17.7 Å². The number of phenolic OH excluding ortho intramolecular Hbond substituents is 2. The van der Waals surface area contributed by atoms with Gasteiger partial charge in [-0.3, -0.25) is 0 Å². The van der Waals surface area contributed by atoms with E-state index in [0.29, 0.717) is 0 Å². The molecule has 0 aliphatic rings. The Morgan fingerprint density at radius 3 is 2.31 bits per heavy atom. The van der Waals surface area contributed by atoms with E-state index in [-0.39, 0.29) is 22.9 Å². The summed E-state index contributed by atoms with van der Waals surface area (Å²) in [6.07, 6.45) is 0. The van der Waals surface area contributed by atoms with Gasteiger partial charge in [-0.15, -0.1) is 0 Å². The van der Waals surface area contributed by atoms with Crippen LogP contribution < -0.4 is 5.32 Å². The fourth-order valence-corrected chi connectivity index (χ4v) is 1.29. The molecule has 1 aromatic rings. The molecule has 82 valence electrons. The van der Waals surface area contributed by atoms with Gasteiger partial charge in [-0.25, -0.2) is 0 Å². The molecule has 0 heterocycles. The van der Waals surface area contributed by atoms with Crippen molar-refractivity contribution < 1.29 is 10.2 Å². The number of nitriles is 2. The van der Waals surface area contributed by atoms with Crippen molar-refractivity contribution >= 4 is 5.69 Å². The molecule has 1 aromatic carbocycles. The molecule has 16 heavy (non-hydrogen) atoms. The van der Waals surface area contributed by atoms with E-state index in [0.717, 1.165) is 6.07 Å². The van der Waals surface area contributed by atoms with Crippen LogP contribution in [0.4, 0.5) is 5.69 Å². The molecule has 1 rings (SSSR count). The summed E-state index contributed by atoms with van der Waals surface area (Å²) in [5.41, 5.74) is 0.251. The number of rotatable bonds is 2. The monoisotopic (exact) mass is 217 g/mol. The van der Waals surface area contributed by atoms with Crippen molar-refractivity contribution in [1.29, 1.82) is 10.5 Å². The zero-order chi connectivity index (χ0) is 12.3. The van der Waals surface area contributed by atoms with Gasteiger partial charge in [-0.05, 0) is 13.8 Å². The number of aromatic hydroxyl groups is 2. The second kappa shape index (κ2) is 4.41. The van der Waals surface area contributed by atoms with E-state index < -0.39 is 11.5 Å². The minimum absolute atomic E-state index is 0.00291. The van der Waals surface area contributed by atoms with Gasteiger partial charge < -0.3 is 15.5 Å². The predicted octanol–water partition coefficient (Wildman–Crippen LogP) is 1.66. The number of phenols is 2. The lowest BCUT2D eigenvalue weighted by atomic mass is 10.1.